The van der Waals surface area contributed by atoms with Crippen molar-refractivity contribution < 1.29 is 32.4 Å². The predicted molar refractivity (Wildman–Crippen MR) is 226 cm³/mol. The minimum Gasteiger partial charge on any atom is -0.345 e. The molecule has 6 saturated carbocycles. The minimum absolute atomic E-state index is 0.00738. The van der Waals surface area contributed by atoms with Gasteiger partial charge < -0.3 is 10.2 Å². The molecular formula is C47H72N4O7S. The monoisotopic (exact) mass is 837 g/mol. The average molecular weight is 837 g/mol. The van der Waals surface area contributed by atoms with E-state index in [4.69, 9.17) is 0 Å². The maximum atomic E-state index is 15.5. The molecule has 8 rings (SSSR count). The lowest BCUT2D eigenvalue weighted by molar-refractivity contribution is -0.146. The third-order valence-electron chi connectivity index (χ3n) is 17.9. The highest BCUT2D eigenvalue weighted by molar-refractivity contribution is 7.90. The normalized spacial score (nSPS) is 34.0. The number of fused-ring (bicyclic) bond motifs is 1. The lowest BCUT2D eigenvalue weighted by Crippen LogP contribution is -2.55. The van der Waals surface area contributed by atoms with Crippen LogP contribution < -0.4 is 10.0 Å². The number of likely N-dealkylation sites (tertiary alicyclic amines) is 2. The SMILES string of the molecule is C=C[C@@H]1C[C@]1(CC(=O)[C@@H]1C[C@@]2(CN1C(=O)[C@@H](CC(=O)[C@@H](NC(=O)[C@@H]1CCCN(C3CCC3)C1)C(C)(C)C)C1CCCCC1)C(C)(C)C21CCC1)C(=O)NS(=O)(=O)C1CC1. The van der Waals surface area contributed by atoms with Gasteiger partial charge in [-0.05, 0) is 112 Å². The van der Waals surface area contributed by atoms with E-state index in [-0.39, 0.29) is 70.2 Å². The Morgan fingerprint density at radius 2 is 1.56 bits per heavy atom. The first kappa shape index (κ1) is 43.1. The molecule has 328 valence electrons. The summed E-state index contributed by atoms with van der Waals surface area (Å²) in [6, 6.07) is -0.957. The molecule has 3 amide bonds. The van der Waals surface area contributed by atoms with Crippen LogP contribution in [0, 0.1) is 50.7 Å². The number of Topliss-reactive ketones (excluding diaryl/α,β-unsaturated/α-hetero) is 2. The molecule has 0 unspecified atom stereocenters. The molecule has 2 aliphatic heterocycles. The molecule has 6 aliphatic carbocycles. The maximum Gasteiger partial charge on any atom is 0.240 e. The number of nitrogens with one attached hydrogen (secondary N) is 2. The summed E-state index contributed by atoms with van der Waals surface area (Å²) < 4.78 is 28.1. The fraction of sp³-hybridized carbons (Fsp3) is 0.851. The lowest BCUT2D eigenvalue weighted by Gasteiger charge is -2.42. The molecule has 2 saturated heterocycles. The summed E-state index contributed by atoms with van der Waals surface area (Å²) in [6.45, 7) is 16.6. The molecule has 2 N–H and O–H groups in total. The van der Waals surface area contributed by atoms with Crippen LogP contribution in [0.3, 0.4) is 0 Å². The minimum atomic E-state index is -3.82. The highest BCUT2D eigenvalue weighted by Gasteiger charge is 2.85. The quantitative estimate of drug-likeness (QED) is 0.178. The molecule has 8 fully saturated rings. The molecule has 11 nitrogen and oxygen atoms in total. The van der Waals surface area contributed by atoms with Crippen LogP contribution in [0.25, 0.3) is 0 Å². The third kappa shape index (κ3) is 7.37. The highest BCUT2D eigenvalue weighted by Crippen LogP contribution is 2.88. The molecule has 0 aromatic rings. The van der Waals surface area contributed by atoms with Crippen LogP contribution >= 0.6 is 0 Å². The zero-order valence-corrected chi connectivity index (χ0v) is 37.4. The first-order valence-corrected chi connectivity index (χ1v) is 24.9. The van der Waals surface area contributed by atoms with Crippen LogP contribution in [0.1, 0.15) is 157 Å². The smallest absolute Gasteiger partial charge is 0.240 e. The van der Waals surface area contributed by atoms with E-state index in [1.165, 1.54) is 19.3 Å². The first-order chi connectivity index (χ1) is 27.8. The number of hydrogen-bond donors (Lipinski definition) is 2. The average Bonchev–Trinajstić information content (AvgIpc) is 4.09. The van der Waals surface area contributed by atoms with Gasteiger partial charge in [-0.3, -0.25) is 33.6 Å². The van der Waals surface area contributed by atoms with Crippen LogP contribution in [0.5, 0.6) is 0 Å². The second-order valence-electron chi connectivity index (χ2n) is 22.3. The van der Waals surface area contributed by atoms with E-state index >= 15 is 4.79 Å². The van der Waals surface area contributed by atoms with Crippen molar-refractivity contribution in [1.29, 1.82) is 0 Å². The van der Waals surface area contributed by atoms with E-state index in [0.717, 1.165) is 77.3 Å². The number of nitrogens with zero attached hydrogens (tertiary/aromatic N) is 2. The molecule has 2 heterocycles. The van der Waals surface area contributed by atoms with Gasteiger partial charge in [-0.1, -0.05) is 72.8 Å². The molecule has 7 atom stereocenters. The Hall–Kier alpha value is -2.60. The number of rotatable bonds is 15. The molecule has 0 bridgehead atoms. The van der Waals surface area contributed by atoms with Gasteiger partial charge in [0.25, 0.3) is 0 Å². The standard InChI is InChI=1S/C47H72N4O7S/c1-7-32-25-45(32,42(56)49-59(57,58)34-19-20-34)27-38(53)36-26-47(44(5,6)46(47)21-13-22-46)29-51(36)41(55)35(30-14-9-8-10-15-30)24-37(52)39(43(2,3)4)48-40(54)31-16-12-23-50(28-31)33-17-11-18-33/h7,30-36,39H,1,8-29H2,2-6H3,(H,48,54)(H,49,56)/t31-,32-,35+,36+,39-,45-,47-/m1/s1. The predicted octanol–water partition coefficient (Wildman–Crippen LogP) is 6.49. The molecule has 0 radical (unpaired) electrons. The molecule has 12 heteroatoms. The summed E-state index contributed by atoms with van der Waals surface area (Å²) in [6.07, 6.45) is 16.7. The van der Waals surface area contributed by atoms with Gasteiger partial charge in [0, 0.05) is 43.3 Å². The van der Waals surface area contributed by atoms with Gasteiger partial charge in [-0.15, -0.1) is 6.58 Å². The second-order valence-corrected chi connectivity index (χ2v) is 24.2. The van der Waals surface area contributed by atoms with Crippen molar-refractivity contribution in [2.24, 2.45) is 50.7 Å². The third-order valence-corrected chi connectivity index (χ3v) is 19.7. The summed E-state index contributed by atoms with van der Waals surface area (Å²) in [5, 5.41) is 2.65. The first-order valence-electron chi connectivity index (χ1n) is 23.4. The summed E-state index contributed by atoms with van der Waals surface area (Å²) in [4.78, 5) is 77.2. The maximum absolute atomic E-state index is 15.5. The zero-order valence-electron chi connectivity index (χ0n) is 36.6. The van der Waals surface area contributed by atoms with E-state index in [2.05, 4.69) is 35.4 Å². The Morgan fingerprint density at radius 1 is 0.864 bits per heavy atom. The van der Waals surface area contributed by atoms with E-state index in [0.29, 0.717) is 38.3 Å². The number of carbonyl (C=O) groups excluding carboxylic acids is 5. The number of carbonyl (C=O) groups is 5. The largest absolute Gasteiger partial charge is 0.345 e. The van der Waals surface area contributed by atoms with Crippen molar-refractivity contribution in [3.63, 3.8) is 0 Å². The number of allylic oxidation sites excluding steroid dienone is 1. The summed E-state index contributed by atoms with van der Waals surface area (Å²) in [5.74, 6) is -2.32. The van der Waals surface area contributed by atoms with Crippen molar-refractivity contribution in [2.45, 2.75) is 180 Å². The van der Waals surface area contributed by atoms with Gasteiger partial charge in [-0.25, -0.2) is 8.42 Å². The summed E-state index contributed by atoms with van der Waals surface area (Å²) in [5.41, 5.74) is -2.05. The second kappa shape index (κ2) is 15.3. The topological polar surface area (TPSA) is 150 Å². The van der Waals surface area contributed by atoms with Crippen molar-refractivity contribution >= 4 is 39.3 Å². The van der Waals surface area contributed by atoms with Crippen molar-refractivity contribution in [3.05, 3.63) is 12.7 Å². The number of hydrogen-bond acceptors (Lipinski definition) is 8. The number of piperidine rings is 1. The summed E-state index contributed by atoms with van der Waals surface area (Å²) >= 11 is 0. The Kier molecular flexibility index (Phi) is 11.2. The van der Waals surface area contributed by atoms with Gasteiger partial charge >= 0.3 is 0 Å². The Bertz CT molecular complexity index is 1840. The van der Waals surface area contributed by atoms with E-state index in [1.54, 1.807) is 6.08 Å². The molecule has 2 spiro atoms. The number of amides is 3. The molecule has 0 aromatic carbocycles. The van der Waals surface area contributed by atoms with Crippen LogP contribution in [0.2, 0.25) is 0 Å². The molecule has 8 aliphatic rings. The van der Waals surface area contributed by atoms with Crippen molar-refractivity contribution in [3.8, 4) is 0 Å². The van der Waals surface area contributed by atoms with Gasteiger partial charge in [0.15, 0.2) is 11.6 Å². The number of sulfonamides is 1. The molecular weight excluding hydrogens is 765 g/mol. The van der Waals surface area contributed by atoms with Crippen molar-refractivity contribution in [1.82, 2.24) is 19.8 Å². The van der Waals surface area contributed by atoms with E-state index in [9.17, 15) is 27.6 Å². The highest BCUT2D eigenvalue weighted by atomic mass is 32.2. The molecule has 0 aromatic heterocycles. The van der Waals surface area contributed by atoms with Gasteiger partial charge in [0.1, 0.15) is 0 Å². The van der Waals surface area contributed by atoms with Gasteiger partial charge in [-0.2, -0.15) is 0 Å². The van der Waals surface area contributed by atoms with Gasteiger partial charge in [0.05, 0.1) is 28.7 Å². The zero-order chi connectivity index (χ0) is 42.3. The van der Waals surface area contributed by atoms with Crippen LogP contribution in [-0.4, -0.2) is 90.5 Å². The number of ketones is 2. The van der Waals surface area contributed by atoms with Crippen LogP contribution in [-0.2, 0) is 34.0 Å². The van der Waals surface area contributed by atoms with Crippen LogP contribution in [0.4, 0.5) is 0 Å². The summed E-state index contributed by atoms with van der Waals surface area (Å²) in [7, 11) is -3.82. The fourth-order valence-electron chi connectivity index (χ4n) is 13.3. The Labute approximate surface area is 353 Å². The van der Waals surface area contributed by atoms with E-state index in [1.807, 2.05) is 25.7 Å². The van der Waals surface area contributed by atoms with Crippen molar-refractivity contribution in [2.75, 3.05) is 19.6 Å². The Morgan fingerprint density at radius 3 is 2.10 bits per heavy atom. The van der Waals surface area contributed by atoms with Gasteiger partial charge in [0.2, 0.25) is 27.7 Å². The molecule has 59 heavy (non-hydrogen) atoms. The van der Waals surface area contributed by atoms with Crippen LogP contribution in [0.15, 0.2) is 12.7 Å². The lowest BCUT2D eigenvalue weighted by atomic mass is 9.73. The fourth-order valence-corrected chi connectivity index (χ4v) is 14.7. The Balaban J connectivity index is 1.05. The van der Waals surface area contributed by atoms with E-state index < -0.39 is 50.0 Å².